The van der Waals surface area contributed by atoms with E-state index in [1.807, 2.05) is 13.0 Å². The van der Waals surface area contributed by atoms with Gasteiger partial charge < -0.3 is 9.26 Å². The normalized spacial score (nSPS) is 16.1. The summed E-state index contributed by atoms with van der Waals surface area (Å²) in [5, 5.41) is 5.20. The van der Waals surface area contributed by atoms with Crippen molar-refractivity contribution in [1.82, 2.24) is 15.1 Å². The number of thiazole rings is 1. The van der Waals surface area contributed by atoms with Crippen LogP contribution < -0.4 is 4.90 Å². The molecule has 0 atom stereocenters. The average molecular weight is 426 g/mol. The predicted molar refractivity (Wildman–Crippen MR) is 111 cm³/mol. The molecule has 9 heteroatoms. The highest BCUT2D eigenvalue weighted by Crippen LogP contribution is 2.42. The van der Waals surface area contributed by atoms with Gasteiger partial charge in [-0.1, -0.05) is 16.5 Å². The highest BCUT2D eigenvalue weighted by atomic mass is 32.1. The zero-order chi connectivity index (χ0) is 21.0. The second kappa shape index (κ2) is 7.16. The molecule has 2 aliphatic rings. The third kappa shape index (κ3) is 3.27. The summed E-state index contributed by atoms with van der Waals surface area (Å²) in [7, 11) is 0. The molecule has 0 unspecified atom stereocenters. The number of aryl methyl sites for hydroxylation is 2. The maximum absolute atomic E-state index is 13.8. The number of anilines is 1. The van der Waals surface area contributed by atoms with Crippen LogP contribution in [0.4, 0.5) is 5.13 Å². The largest absolute Gasteiger partial charge is 0.462 e. The predicted octanol–water partition coefficient (Wildman–Crippen LogP) is 4.16. The van der Waals surface area contributed by atoms with Crippen molar-refractivity contribution in [2.75, 3.05) is 11.5 Å². The number of rotatable bonds is 6. The van der Waals surface area contributed by atoms with Gasteiger partial charge in [-0.15, -0.1) is 0 Å². The van der Waals surface area contributed by atoms with Gasteiger partial charge in [0.2, 0.25) is 0 Å². The Morgan fingerprint density at radius 3 is 2.63 bits per heavy atom. The molecule has 156 valence electrons. The molecule has 0 spiro atoms. The van der Waals surface area contributed by atoms with Crippen molar-refractivity contribution in [1.29, 1.82) is 0 Å². The van der Waals surface area contributed by atoms with E-state index in [2.05, 4.69) is 15.1 Å². The fourth-order valence-electron chi connectivity index (χ4n) is 3.61. The minimum Gasteiger partial charge on any atom is -0.462 e. The molecule has 2 aliphatic carbocycles. The van der Waals surface area contributed by atoms with Crippen LogP contribution >= 0.6 is 11.3 Å². The van der Waals surface area contributed by atoms with Crippen LogP contribution in [0.25, 0.3) is 11.1 Å². The zero-order valence-corrected chi connectivity index (χ0v) is 17.9. The van der Waals surface area contributed by atoms with Crippen LogP contribution in [0.5, 0.6) is 0 Å². The molecule has 3 heterocycles. The summed E-state index contributed by atoms with van der Waals surface area (Å²) in [6.45, 7) is 5.64. The standard InChI is InChI=1S/C21H22N4O4S/c1-4-28-20(27)17-11(3)22-21(30-17)25(13-7-8-13)19(26)14-9-15(12-5-6-12)23-18-16(14)10(2)24-29-18/h9,12-13H,4-8H2,1-3H3. The molecule has 1 amide bonds. The molecule has 2 fully saturated rings. The third-order valence-electron chi connectivity index (χ3n) is 5.45. The molecule has 0 N–H and O–H groups in total. The Morgan fingerprint density at radius 2 is 1.97 bits per heavy atom. The number of carbonyl (C=O) groups excluding carboxylic acids is 2. The van der Waals surface area contributed by atoms with Crippen LogP contribution in [-0.2, 0) is 4.74 Å². The Bertz CT molecular complexity index is 1160. The topological polar surface area (TPSA) is 98.4 Å². The molecule has 30 heavy (non-hydrogen) atoms. The third-order valence-corrected chi connectivity index (χ3v) is 6.58. The number of pyridine rings is 1. The van der Waals surface area contributed by atoms with Crippen molar-refractivity contribution in [3.8, 4) is 0 Å². The molecule has 0 aliphatic heterocycles. The number of esters is 1. The SMILES string of the molecule is CCOC(=O)c1sc(N(C(=O)c2cc(C3CC3)nc3onc(C)c23)C2CC2)nc1C. The molecule has 8 nitrogen and oxygen atoms in total. The number of ether oxygens (including phenoxy) is 1. The van der Waals surface area contributed by atoms with Gasteiger partial charge in [0.1, 0.15) is 4.88 Å². The van der Waals surface area contributed by atoms with Gasteiger partial charge in [-0.05, 0) is 52.5 Å². The number of amides is 1. The number of carbonyl (C=O) groups is 2. The number of hydrogen-bond donors (Lipinski definition) is 0. The molecule has 0 radical (unpaired) electrons. The molecule has 3 aromatic heterocycles. The molecular weight excluding hydrogens is 404 g/mol. The maximum Gasteiger partial charge on any atom is 0.350 e. The highest BCUT2D eigenvalue weighted by molar-refractivity contribution is 7.17. The molecule has 0 bridgehead atoms. The van der Waals surface area contributed by atoms with E-state index < -0.39 is 5.97 Å². The van der Waals surface area contributed by atoms with E-state index >= 15 is 0 Å². The highest BCUT2D eigenvalue weighted by Gasteiger charge is 2.39. The van der Waals surface area contributed by atoms with Gasteiger partial charge in [-0.25, -0.2) is 14.8 Å². The summed E-state index contributed by atoms with van der Waals surface area (Å²) in [5.41, 5.74) is 3.03. The van der Waals surface area contributed by atoms with Crippen LogP contribution in [0.2, 0.25) is 0 Å². The number of aromatic nitrogens is 3. The van der Waals surface area contributed by atoms with Gasteiger partial charge in [-0.3, -0.25) is 9.69 Å². The Hall–Kier alpha value is -2.81. The van der Waals surface area contributed by atoms with Crippen molar-refractivity contribution in [2.45, 2.75) is 58.4 Å². The Morgan fingerprint density at radius 1 is 1.20 bits per heavy atom. The zero-order valence-electron chi connectivity index (χ0n) is 17.1. The number of hydrogen-bond acceptors (Lipinski definition) is 8. The van der Waals surface area contributed by atoms with Crippen LogP contribution in [0.15, 0.2) is 10.6 Å². The summed E-state index contributed by atoms with van der Waals surface area (Å²) >= 11 is 1.21. The van der Waals surface area contributed by atoms with Crippen molar-refractivity contribution in [3.63, 3.8) is 0 Å². The first-order chi connectivity index (χ1) is 14.5. The molecule has 3 aromatic rings. The lowest BCUT2D eigenvalue weighted by Crippen LogP contribution is -2.33. The molecule has 0 aromatic carbocycles. The van der Waals surface area contributed by atoms with Crippen molar-refractivity contribution in [2.24, 2.45) is 0 Å². The van der Waals surface area contributed by atoms with E-state index in [9.17, 15) is 9.59 Å². The summed E-state index contributed by atoms with van der Waals surface area (Å²) in [4.78, 5) is 37.3. The summed E-state index contributed by atoms with van der Waals surface area (Å²) < 4.78 is 10.5. The Kier molecular flexibility index (Phi) is 4.57. The van der Waals surface area contributed by atoms with Crippen LogP contribution in [0.1, 0.15) is 75.6 Å². The van der Waals surface area contributed by atoms with Gasteiger partial charge >= 0.3 is 5.97 Å². The Balaban J connectivity index is 1.58. The Labute approximate surface area is 177 Å². The lowest BCUT2D eigenvalue weighted by molar-refractivity contribution is 0.0531. The van der Waals surface area contributed by atoms with E-state index in [0.717, 1.165) is 31.4 Å². The van der Waals surface area contributed by atoms with E-state index in [0.29, 0.717) is 50.6 Å². The first-order valence-electron chi connectivity index (χ1n) is 10.2. The van der Waals surface area contributed by atoms with Crippen molar-refractivity contribution >= 4 is 39.4 Å². The fourth-order valence-corrected chi connectivity index (χ4v) is 4.64. The monoisotopic (exact) mass is 426 g/mol. The van der Waals surface area contributed by atoms with E-state index in [1.54, 1.807) is 18.7 Å². The van der Waals surface area contributed by atoms with Crippen molar-refractivity contribution < 1.29 is 18.8 Å². The molecule has 0 saturated heterocycles. The van der Waals surface area contributed by atoms with Crippen LogP contribution in [0, 0.1) is 13.8 Å². The minimum atomic E-state index is -0.404. The van der Waals surface area contributed by atoms with Gasteiger partial charge in [0.15, 0.2) is 5.13 Å². The summed E-state index contributed by atoms with van der Waals surface area (Å²) in [6.07, 6.45) is 3.96. The van der Waals surface area contributed by atoms with Crippen LogP contribution in [0.3, 0.4) is 0 Å². The van der Waals surface area contributed by atoms with Gasteiger partial charge in [-0.2, -0.15) is 0 Å². The number of nitrogens with zero attached hydrogens (tertiary/aromatic N) is 4. The van der Waals surface area contributed by atoms with Gasteiger partial charge in [0.25, 0.3) is 11.6 Å². The van der Waals surface area contributed by atoms with E-state index in [4.69, 9.17) is 9.26 Å². The van der Waals surface area contributed by atoms with Gasteiger partial charge in [0, 0.05) is 17.7 Å². The number of fused-ring (bicyclic) bond motifs is 1. The van der Waals surface area contributed by atoms with Crippen molar-refractivity contribution in [3.05, 3.63) is 33.6 Å². The quantitative estimate of drug-likeness (QED) is 0.546. The average Bonchev–Trinajstić information content (AvgIpc) is 3.64. The maximum atomic E-state index is 13.8. The molecular formula is C21H22N4O4S. The van der Waals surface area contributed by atoms with Crippen LogP contribution in [-0.4, -0.2) is 39.6 Å². The first-order valence-corrected chi connectivity index (χ1v) is 11.0. The molecule has 2 saturated carbocycles. The fraction of sp³-hybridized carbons (Fsp3) is 0.476. The summed E-state index contributed by atoms with van der Waals surface area (Å²) in [6, 6.07) is 1.96. The lowest BCUT2D eigenvalue weighted by atomic mass is 10.1. The first kappa shape index (κ1) is 19.2. The summed E-state index contributed by atoms with van der Waals surface area (Å²) in [5.74, 6) is -0.181. The second-order valence-corrected chi connectivity index (χ2v) is 8.83. The minimum absolute atomic E-state index is 0.0749. The smallest absolute Gasteiger partial charge is 0.350 e. The van der Waals surface area contributed by atoms with E-state index in [-0.39, 0.29) is 11.9 Å². The lowest BCUT2D eigenvalue weighted by Gasteiger charge is -2.20. The second-order valence-electron chi connectivity index (χ2n) is 7.85. The van der Waals surface area contributed by atoms with Gasteiger partial charge in [0.05, 0.1) is 28.9 Å². The molecule has 5 rings (SSSR count). The van der Waals surface area contributed by atoms with E-state index in [1.165, 1.54) is 11.3 Å².